The van der Waals surface area contributed by atoms with E-state index in [2.05, 4.69) is 108 Å². The van der Waals surface area contributed by atoms with Crippen LogP contribution in [0.2, 0.25) is 0 Å². The number of amidine groups is 2. The molecule has 0 amide bonds. The number of nitrogens with zero attached hydrogens (tertiary/aromatic N) is 4. The van der Waals surface area contributed by atoms with E-state index in [0.29, 0.717) is 11.5 Å². The first-order valence-electron chi connectivity index (χ1n) is 16.2. The molecule has 1 N–H and O–H groups in total. The second-order valence-corrected chi connectivity index (χ2v) is 13.5. The first kappa shape index (κ1) is 30.4. The van der Waals surface area contributed by atoms with E-state index in [0.717, 1.165) is 49.7 Å². The topological polar surface area (TPSA) is 60.1 Å². The molecule has 1 aliphatic rings. The zero-order chi connectivity index (χ0) is 33.5. The maximum Gasteiger partial charge on any atom is 0.279 e. The highest BCUT2D eigenvalue weighted by molar-refractivity contribution is 7.25. The summed E-state index contributed by atoms with van der Waals surface area (Å²) in [5.41, 5.74) is 8.71. The minimum atomic E-state index is -0.304. The first-order chi connectivity index (χ1) is 23.9. The molecule has 7 aromatic rings. The molecule has 0 bridgehead atoms. The Morgan fingerprint density at radius 3 is 2.08 bits per heavy atom. The van der Waals surface area contributed by atoms with Gasteiger partial charge in [-0.25, -0.2) is 9.98 Å². The number of benzene rings is 6. The number of aliphatic imine (C=N–C) groups is 2. The Bertz CT molecular complexity index is 2430. The van der Waals surface area contributed by atoms with Crippen LogP contribution in [-0.2, 0) is 0 Å². The average Bonchev–Trinajstić information content (AvgIpc) is 3.53. The molecule has 238 valence electrons. The van der Waals surface area contributed by atoms with Crippen LogP contribution in [0.3, 0.4) is 0 Å². The largest absolute Gasteiger partial charge is 0.372 e. The van der Waals surface area contributed by atoms with E-state index >= 15 is 0 Å². The quantitative estimate of drug-likeness (QED) is 0.174. The van der Waals surface area contributed by atoms with Crippen LogP contribution in [0.1, 0.15) is 22.9 Å². The van der Waals surface area contributed by atoms with Gasteiger partial charge in [0.2, 0.25) is 0 Å². The molecule has 49 heavy (non-hydrogen) atoms. The Morgan fingerprint density at radius 1 is 0.633 bits per heavy atom. The SMILES string of the molecule is CN(C)c1ccc(-c2cccc(C3=NC(c4ccc(-c5ccc6sc7ccccc7c6c5)cc4)=NC(c4ccccc4)N3)c2)cc1[N+](C)=O. The average molecular weight is 657 g/mol. The number of hydrogen-bond donors (Lipinski definition) is 1. The number of nitrogens with one attached hydrogen (secondary N) is 1. The Labute approximate surface area is 289 Å². The molecule has 0 fully saturated rings. The molecule has 0 saturated carbocycles. The summed E-state index contributed by atoms with van der Waals surface area (Å²) in [5, 5.41) is 6.17. The highest BCUT2D eigenvalue weighted by Gasteiger charge is 2.22. The van der Waals surface area contributed by atoms with Gasteiger partial charge in [-0.3, -0.25) is 0 Å². The fourth-order valence-electron chi connectivity index (χ4n) is 6.43. The van der Waals surface area contributed by atoms with Crippen LogP contribution in [0.25, 0.3) is 42.4 Å². The van der Waals surface area contributed by atoms with Gasteiger partial charge in [0, 0.05) is 61.1 Å². The third-order valence-electron chi connectivity index (χ3n) is 8.98. The maximum absolute atomic E-state index is 12.4. The Hall–Kier alpha value is -5.92. The Balaban J connectivity index is 1.15. The van der Waals surface area contributed by atoms with Crippen molar-refractivity contribution in [2.24, 2.45) is 9.98 Å². The highest BCUT2D eigenvalue weighted by Crippen LogP contribution is 2.37. The van der Waals surface area contributed by atoms with Gasteiger partial charge in [0.25, 0.3) is 5.69 Å². The zero-order valence-corrected chi connectivity index (χ0v) is 28.3. The molecule has 1 aromatic heterocycles. The van der Waals surface area contributed by atoms with Crippen LogP contribution < -0.4 is 10.2 Å². The molecule has 1 atom stereocenters. The monoisotopic (exact) mass is 656 g/mol. The van der Waals surface area contributed by atoms with Gasteiger partial charge >= 0.3 is 0 Å². The Morgan fingerprint density at radius 2 is 1.29 bits per heavy atom. The lowest BCUT2D eigenvalue weighted by Crippen LogP contribution is -2.33. The van der Waals surface area contributed by atoms with Crippen LogP contribution in [0.15, 0.2) is 150 Å². The van der Waals surface area contributed by atoms with Crippen molar-refractivity contribution in [1.82, 2.24) is 5.32 Å². The fraction of sp³-hybridized carbons (Fsp3) is 0.0952. The summed E-state index contributed by atoms with van der Waals surface area (Å²) in [6, 6.07) is 48.4. The maximum atomic E-state index is 12.4. The smallest absolute Gasteiger partial charge is 0.279 e. The van der Waals surface area contributed by atoms with E-state index in [-0.39, 0.29) is 6.17 Å². The number of thiophene rings is 1. The lowest BCUT2D eigenvalue weighted by atomic mass is 10.00. The number of rotatable bonds is 7. The van der Waals surface area contributed by atoms with Crippen molar-refractivity contribution in [2.75, 3.05) is 26.0 Å². The van der Waals surface area contributed by atoms with Crippen molar-refractivity contribution in [3.8, 4) is 22.3 Å². The molecular weight excluding hydrogens is 623 g/mol. The van der Waals surface area contributed by atoms with Crippen LogP contribution >= 0.6 is 11.3 Å². The van der Waals surface area contributed by atoms with Crippen molar-refractivity contribution in [2.45, 2.75) is 6.17 Å². The van der Waals surface area contributed by atoms with Crippen LogP contribution in [-0.4, -0.2) is 37.6 Å². The molecular formula is C42H34N5OS+. The van der Waals surface area contributed by atoms with Crippen molar-refractivity contribution in [3.63, 3.8) is 0 Å². The summed E-state index contributed by atoms with van der Waals surface area (Å²) < 4.78 is 3.52. The summed E-state index contributed by atoms with van der Waals surface area (Å²) in [4.78, 5) is 24.6. The predicted octanol–water partition coefficient (Wildman–Crippen LogP) is 9.99. The van der Waals surface area contributed by atoms with Gasteiger partial charge < -0.3 is 10.2 Å². The number of anilines is 1. The predicted molar refractivity (Wildman–Crippen MR) is 206 cm³/mol. The molecule has 8 rings (SSSR count). The lowest BCUT2D eigenvalue weighted by Gasteiger charge is -2.24. The second-order valence-electron chi connectivity index (χ2n) is 12.4. The summed E-state index contributed by atoms with van der Waals surface area (Å²) in [5.74, 6) is 1.41. The van der Waals surface area contributed by atoms with Gasteiger partial charge in [-0.2, -0.15) is 0 Å². The van der Waals surface area contributed by atoms with Crippen LogP contribution in [0, 0.1) is 4.91 Å². The van der Waals surface area contributed by atoms with Crippen molar-refractivity contribution in [3.05, 3.63) is 161 Å². The van der Waals surface area contributed by atoms with Crippen LogP contribution in [0.5, 0.6) is 0 Å². The van der Waals surface area contributed by atoms with Gasteiger partial charge in [0.1, 0.15) is 17.7 Å². The van der Waals surface area contributed by atoms with Gasteiger partial charge in [-0.05, 0) is 58.1 Å². The van der Waals surface area contributed by atoms with E-state index in [4.69, 9.17) is 9.98 Å². The van der Waals surface area contributed by atoms with Crippen molar-refractivity contribution in [1.29, 1.82) is 0 Å². The van der Waals surface area contributed by atoms with Gasteiger partial charge in [0.15, 0.2) is 12.9 Å². The second kappa shape index (κ2) is 12.6. The minimum absolute atomic E-state index is 0.304. The van der Waals surface area contributed by atoms with Crippen molar-refractivity contribution < 1.29 is 4.76 Å². The molecule has 0 spiro atoms. The molecule has 1 unspecified atom stereocenters. The number of fused-ring (bicyclic) bond motifs is 3. The van der Waals surface area contributed by atoms with Gasteiger partial charge in [0.05, 0.1) is 0 Å². The molecule has 0 aliphatic carbocycles. The van der Waals surface area contributed by atoms with E-state index in [1.807, 2.05) is 66.7 Å². The van der Waals surface area contributed by atoms with E-state index in [9.17, 15) is 4.91 Å². The molecule has 6 nitrogen and oxygen atoms in total. The van der Waals surface area contributed by atoms with Gasteiger partial charge in [-0.1, -0.05) is 103 Å². The molecule has 2 heterocycles. The number of hydrogen-bond acceptors (Lipinski definition) is 6. The summed E-state index contributed by atoms with van der Waals surface area (Å²) >= 11 is 1.83. The highest BCUT2D eigenvalue weighted by atomic mass is 32.1. The summed E-state index contributed by atoms with van der Waals surface area (Å²) in [6.45, 7) is 0. The fourth-order valence-corrected chi connectivity index (χ4v) is 7.51. The summed E-state index contributed by atoms with van der Waals surface area (Å²) in [7, 11) is 5.41. The van der Waals surface area contributed by atoms with Gasteiger partial charge in [-0.15, -0.1) is 11.3 Å². The normalized spacial score (nSPS) is 14.3. The standard InChI is InChI=1S/C42H34N5OS/c1-46(2)36-22-20-32(26-37(36)47(3)48)30-12-9-13-33(24-30)42-44-40(28-10-5-4-6-11-28)43-41(45-42)29-18-16-27(17-19-29)31-21-23-39-35(25-31)34-14-7-8-15-38(34)49-39/h4-26,40H,1-3H3,(H,43,44,45)/q+1. The van der Waals surface area contributed by atoms with E-state index < -0.39 is 0 Å². The molecule has 1 aliphatic heterocycles. The van der Waals surface area contributed by atoms with Crippen molar-refractivity contribution >= 4 is 54.6 Å². The van der Waals surface area contributed by atoms with E-state index in [1.165, 1.54) is 32.8 Å². The zero-order valence-electron chi connectivity index (χ0n) is 27.5. The minimum Gasteiger partial charge on any atom is -0.372 e. The van der Waals surface area contributed by atoms with Crippen LogP contribution in [0.4, 0.5) is 11.4 Å². The lowest BCUT2D eigenvalue weighted by molar-refractivity contribution is -0.427. The molecule has 0 radical (unpaired) electrons. The van der Waals surface area contributed by atoms with E-state index in [1.54, 1.807) is 0 Å². The molecule has 6 aromatic carbocycles. The summed E-state index contributed by atoms with van der Waals surface area (Å²) in [6.07, 6.45) is -0.304. The molecule has 7 heteroatoms. The third-order valence-corrected chi connectivity index (χ3v) is 10.1. The Kier molecular flexibility index (Phi) is 7.82. The number of nitroso groups, excluding NO2 is 1. The third kappa shape index (κ3) is 5.90. The molecule has 0 saturated heterocycles. The first-order valence-corrected chi connectivity index (χ1v) is 17.1.